The number of hydrogen-bond acceptors (Lipinski definition) is 6. The number of amides is 2. The molecule has 1 aliphatic carbocycles. The second-order valence-electron chi connectivity index (χ2n) is 13.3. The number of carbonyl (C=O) groups is 2. The van der Waals surface area contributed by atoms with Crippen LogP contribution >= 0.6 is 0 Å². The molecule has 0 radical (unpaired) electrons. The Morgan fingerprint density at radius 1 is 0.980 bits per heavy atom. The van der Waals surface area contributed by atoms with Gasteiger partial charge < -0.3 is 18.9 Å². The zero-order valence-electron chi connectivity index (χ0n) is 28.1. The first kappa shape index (κ1) is 33.1. The molecular formula is C38H42N4O6S. The summed E-state index contributed by atoms with van der Waals surface area (Å²) in [5, 5.41) is 1.01. The van der Waals surface area contributed by atoms with Gasteiger partial charge in [-0.25, -0.2) is 4.72 Å². The summed E-state index contributed by atoms with van der Waals surface area (Å²) >= 11 is 0. The number of hydrogen-bond donors (Lipinski definition) is 1. The number of methoxy groups -OCH3 is 1. The zero-order chi connectivity index (χ0) is 34.3. The predicted molar refractivity (Wildman–Crippen MR) is 190 cm³/mol. The van der Waals surface area contributed by atoms with Crippen molar-refractivity contribution in [3.8, 4) is 17.0 Å². The first-order valence-electron chi connectivity index (χ1n) is 16.9. The Bertz CT molecular complexity index is 2050. The van der Waals surface area contributed by atoms with Gasteiger partial charge in [-0.15, -0.1) is 0 Å². The molecule has 1 N–H and O–H groups in total. The Hall–Kier alpha value is -4.45. The number of aromatic nitrogens is 1. The highest BCUT2D eigenvalue weighted by Crippen LogP contribution is 2.47. The van der Waals surface area contributed by atoms with Crippen molar-refractivity contribution in [1.29, 1.82) is 0 Å². The van der Waals surface area contributed by atoms with Crippen molar-refractivity contribution in [2.75, 3.05) is 40.9 Å². The maximum absolute atomic E-state index is 14.5. The molecular weight excluding hydrogens is 641 g/mol. The lowest BCUT2D eigenvalue weighted by molar-refractivity contribution is -0.135. The van der Waals surface area contributed by atoms with Crippen molar-refractivity contribution in [2.24, 2.45) is 0 Å². The van der Waals surface area contributed by atoms with Crippen molar-refractivity contribution < 1.29 is 27.5 Å². The second-order valence-corrected chi connectivity index (χ2v) is 15.2. The van der Waals surface area contributed by atoms with E-state index in [2.05, 4.69) is 15.4 Å². The highest BCUT2D eigenvalue weighted by Gasteiger charge is 2.33. The molecule has 10 nitrogen and oxygen atoms in total. The minimum absolute atomic E-state index is 0.0714. The lowest BCUT2D eigenvalue weighted by Crippen LogP contribution is -2.43. The zero-order valence-corrected chi connectivity index (χ0v) is 29.0. The minimum atomic E-state index is -3.99. The number of ether oxygens (including phenoxy) is 2. The van der Waals surface area contributed by atoms with Crippen LogP contribution in [0.25, 0.3) is 28.2 Å². The van der Waals surface area contributed by atoms with E-state index in [-0.39, 0.29) is 24.1 Å². The van der Waals surface area contributed by atoms with Gasteiger partial charge in [0.15, 0.2) is 0 Å². The third-order valence-electron chi connectivity index (χ3n) is 10.1. The number of carbonyl (C=O) groups excluding carboxylic acids is 2. The van der Waals surface area contributed by atoms with Crippen LogP contribution in [-0.4, -0.2) is 74.9 Å². The largest absolute Gasteiger partial charge is 0.497 e. The molecule has 0 spiro atoms. The Balaban J connectivity index is 1.37. The van der Waals surface area contributed by atoms with E-state index in [4.69, 9.17) is 9.47 Å². The number of fused-ring (bicyclic) bond motifs is 5. The van der Waals surface area contributed by atoms with Gasteiger partial charge in [0.2, 0.25) is 0 Å². The van der Waals surface area contributed by atoms with Gasteiger partial charge in [0.1, 0.15) is 11.9 Å². The first-order chi connectivity index (χ1) is 23.6. The standard InChI is InChI=1S/C38H42N4O6S/c1-40(2)49(45,46)39-37(43)27-14-16-32-33(22-27)42-23-29(38(44)41-18-19-48-34(24-41)25-10-6-4-7-11-25)20-28-21-30(47-3)15-17-31(28)36(42)35(32)26-12-8-5-9-13-26/h4,6-7,10-11,14-17,20-22,26,34H,5,8-9,12-13,18-19,23-24H2,1-3H3,(H,39,43). The van der Waals surface area contributed by atoms with Gasteiger partial charge in [-0.2, -0.15) is 12.7 Å². The summed E-state index contributed by atoms with van der Waals surface area (Å²) in [5.41, 5.74) is 6.78. The van der Waals surface area contributed by atoms with Gasteiger partial charge in [0, 0.05) is 48.2 Å². The molecule has 3 aromatic carbocycles. The van der Waals surface area contributed by atoms with Crippen LogP contribution in [-0.2, 0) is 26.3 Å². The molecule has 1 saturated carbocycles. The third-order valence-corrected chi connectivity index (χ3v) is 11.5. The summed E-state index contributed by atoms with van der Waals surface area (Å²) in [5.74, 6) is 0.218. The van der Waals surface area contributed by atoms with Crippen LogP contribution in [0.3, 0.4) is 0 Å². The lowest BCUT2D eigenvalue weighted by Gasteiger charge is -2.34. The molecule has 1 aromatic heterocycles. The Morgan fingerprint density at radius 3 is 2.49 bits per heavy atom. The average Bonchev–Trinajstić information content (AvgIpc) is 3.34. The summed E-state index contributed by atoms with van der Waals surface area (Å²) in [6.07, 6.45) is 7.33. The van der Waals surface area contributed by atoms with E-state index in [0.29, 0.717) is 36.9 Å². The maximum Gasteiger partial charge on any atom is 0.303 e. The van der Waals surface area contributed by atoms with Gasteiger partial charge in [-0.1, -0.05) is 55.7 Å². The Labute approximate surface area is 287 Å². The highest BCUT2D eigenvalue weighted by atomic mass is 32.2. The van der Waals surface area contributed by atoms with Crippen molar-refractivity contribution in [1.82, 2.24) is 18.5 Å². The average molecular weight is 683 g/mol. The third kappa shape index (κ3) is 6.38. The van der Waals surface area contributed by atoms with Crippen LogP contribution in [0, 0.1) is 0 Å². The van der Waals surface area contributed by atoms with Crippen LogP contribution in [0.2, 0.25) is 0 Å². The summed E-state index contributed by atoms with van der Waals surface area (Å²) in [6, 6.07) is 21.4. The predicted octanol–water partition coefficient (Wildman–Crippen LogP) is 5.90. The lowest BCUT2D eigenvalue weighted by atomic mass is 9.81. The van der Waals surface area contributed by atoms with E-state index < -0.39 is 16.1 Å². The molecule has 2 amide bonds. The Morgan fingerprint density at radius 2 is 1.76 bits per heavy atom. The minimum Gasteiger partial charge on any atom is -0.497 e. The molecule has 7 rings (SSSR count). The molecule has 11 heteroatoms. The van der Waals surface area contributed by atoms with Crippen LogP contribution in [0.15, 0.2) is 72.3 Å². The van der Waals surface area contributed by atoms with Crippen LogP contribution < -0.4 is 9.46 Å². The van der Waals surface area contributed by atoms with E-state index in [1.54, 1.807) is 19.2 Å². The van der Waals surface area contributed by atoms with Gasteiger partial charge in [-0.05, 0) is 71.9 Å². The molecule has 2 aliphatic heterocycles. The monoisotopic (exact) mass is 682 g/mol. The van der Waals surface area contributed by atoms with Gasteiger partial charge in [0.05, 0.1) is 32.5 Å². The Kier molecular flexibility index (Phi) is 9.08. The molecule has 3 heterocycles. The molecule has 2 fully saturated rings. The molecule has 1 saturated heterocycles. The molecule has 1 atom stereocenters. The molecule has 4 aromatic rings. The SMILES string of the molecule is COc1ccc2c(c1)C=C(C(=O)N1CCOC(c3ccccc3)C1)Cn1c-2c(C2CCCCC2)c2ccc(C(=O)NS(=O)(=O)N(C)C)cc21. The van der Waals surface area contributed by atoms with Crippen molar-refractivity contribution in [2.45, 2.75) is 50.7 Å². The van der Waals surface area contributed by atoms with E-state index >= 15 is 0 Å². The fourth-order valence-corrected chi connectivity index (χ4v) is 8.02. The summed E-state index contributed by atoms with van der Waals surface area (Å²) in [4.78, 5) is 29.7. The van der Waals surface area contributed by atoms with E-state index in [1.807, 2.05) is 59.5 Å². The van der Waals surface area contributed by atoms with E-state index in [0.717, 1.165) is 63.3 Å². The molecule has 3 aliphatic rings. The quantitative estimate of drug-likeness (QED) is 0.260. The van der Waals surface area contributed by atoms with Crippen molar-refractivity contribution >= 4 is 39.0 Å². The maximum atomic E-state index is 14.5. The number of benzene rings is 3. The molecule has 1 unspecified atom stereocenters. The van der Waals surface area contributed by atoms with Gasteiger partial charge in [0.25, 0.3) is 11.8 Å². The summed E-state index contributed by atoms with van der Waals surface area (Å²) < 4.78 is 42.1. The molecule has 256 valence electrons. The topological polar surface area (TPSA) is 110 Å². The summed E-state index contributed by atoms with van der Waals surface area (Å²) in [7, 11) is 0.388. The molecule has 49 heavy (non-hydrogen) atoms. The van der Waals surface area contributed by atoms with Crippen molar-refractivity contribution in [3.63, 3.8) is 0 Å². The first-order valence-corrected chi connectivity index (χ1v) is 18.3. The summed E-state index contributed by atoms with van der Waals surface area (Å²) in [6.45, 7) is 1.62. The van der Waals surface area contributed by atoms with E-state index in [1.165, 1.54) is 26.1 Å². The second kappa shape index (κ2) is 13.5. The fraction of sp³-hybridized carbons (Fsp3) is 0.368. The number of nitrogens with zero attached hydrogens (tertiary/aromatic N) is 3. The van der Waals surface area contributed by atoms with Crippen LogP contribution in [0.1, 0.15) is 71.2 Å². The van der Waals surface area contributed by atoms with Crippen LogP contribution in [0.4, 0.5) is 0 Å². The highest BCUT2D eigenvalue weighted by molar-refractivity contribution is 7.87. The van der Waals surface area contributed by atoms with Crippen molar-refractivity contribution in [3.05, 3.63) is 94.6 Å². The van der Waals surface area contributed by atoms with Gasteiger partial charge in [-0.3, -0.25) is 9.59 Å². The smallest absolute Gasteiger partial charge is 0.303 e. The van der Waals surface area contributed by atoms with Gasteiger partial charge >= 0.3 is 10.2 Å². The number of morpholine rings is 1. The molecule has 0 bridgehead atoms. The fourth-order valence-electron chi connectivity index (χ4n) is 7.49. The number of nitrogens with one attached hydrogen (secondary N) is 1. The number of rotatable bonds is 7. The van der Waals surface area contributed by atoms with Crippen LogP contribution in [0.5, 0.6) is 5.75 Å². The normalized spacial score (nSPS) is 18.4. The van der Waals surface area contributed by atoms with E-state index in [9.17, 15) is 18.0 Å².